The minimum Gasteiger partial charge on any atom is -0.0999 e. The van der Waals surface area contributed by atoms with Gasteiger partial charge in [-0.25, -0.2) is 0 Å². The predicted molar refractivity (Wildman–Crippen MR) is 157 cm³/mol. The van der Waals surface area contributed by atoms with Crippen molar-refractivity contribution in [2.24, 2.45) is 11.8 Å². The first kappa shape index (κ1) is 41.1. The normalized spacial score (nSPS) is 9.23. The molecule has 0 nitrogen and oxygen atoms in total. The fourth-order valence-corrected chi connectivity index (χ4v) is 2.09. The van der Waals surface area contributed by atoms with Crippen LogP contribution in [0, 0.1) is 11.8 Å². The summed E-state index contributed by atoms with van der Waals surface area (Å²) in [5.41, 5.74) is 1.43. The quantitative estimate of drug-likeness (QED) is 0.150. The molecule has 0 spiro atoms. The van der Waals surface area contributed by atoms with Crippen LogP contribution in [0.2, 0.25) is 0 Å². The van der Waals surface area contributed by atoms with Crippen LogP contribution in [0.3, 0.4) is 0 Å². The third-order valence-corrected chi connectivity index (χ3v) is 4.85. The molecule has 1 heteroatoms. The van der Waals surface area contributed by atoms with Crippen LogP contribution in [-0.2, 0) is 0 Å². The van der Waals surface area contributed by atoms with Gasteiger partial charge < -0.3 is 0 Å². The van der Waals surface area contributed by atoms with E-state index in [1.165, 1.54) is 81.1 Å². The van der Waals surface area contributed by atoms with E-state index >= 15 is 0 Å². The molecule has 0 saturated heterocycles. The molecule has 0 bridgehead atoms. The lowest BCUT2D eigenvalue weighted by Gasteiger charge is -2.07. The summed E-state index contributed by atoms with van der Waals surface area (Å²) in [6.45, 7) is 30.2. The molecule has 0 rings (SSSR count). The predicted octanol–water partition coefficient (Wildman–Crippen LogP) is 12.4. The molecule has 0 aliphatic heterocycles. The third-order valence-electron chi connectivity index (χ3n) is 4.44. The molecule has 0 fully saturated rings. The maximum absolute atomic E-state index is 5.40. The molecule has 0 heterocycles. The molecule has 0 radical (unpaired) electrons. The van der Waals surface area contributed by atoms with Gasteiger partial charge in [-0.15, -0.1) is 0 Å². The van der Waals surface area contributed by atoms with E-state index in [0.29, 0.717) is 0 Å². The van der Waals surface area contributed by atoms with Crippen molar-refractivity contribution in [1.29, 1.82) is 0 Å². The first-order valence-electron chi connectivity index (χ1n) is 13.8. The van der Waals surface area contributed by atoms with Crippen molar-refractivity contribution in [3.8, 4) is 0 Å². The van der Waals surface area contributed by atoms with Gasteiger partial charge in [0.2, 0.25) is 0 Å². The van der Waals surface area contributed by atoms with Gasteiger partial charge in [0, 0.05) is 0 Å². The van der Waals surface area contributed by atoms with Crippen molar-refractivity contribution in [2.45, 2.75) is 167 Å². The summed E-state index contributed by atoms with van der Waals surface area (Å²) < 4.78 is 0. The highest BCUT2D eigenvalue weighted by Crippen LogP contribution is 2.15. The summed E-state index contributed by atoms with van der Waals surface area (Å²) in [6, 6.07) is 0. The Labute approximate surface area is 207 Å². The number of rotatable bonds is 13. The second-order valence-electron chi connectivity index (χ2n) is 9.04. The SMILES string of the molecule is C=C(CCCC)CCCCC(=S)CCC(C)C.CC.CCC.CCC(C)C.CCCC. The molecule has 192 valence electrons. The Bertz CT molecular complexity index is 300. The zero-order valence-electron chi connectivity index (χ0n) is 24.5. The molecule has 0 aromatic rings. The first-order chi connectivity index (χ1) is 14.7. The summed E-state index contributed by atoms with van der Waals surface area (Å²) in [7, 11) is 0. The van der Waals surface area contributed by atoms with E-state index in [2.05, 4.69) is 75.8 Å². The molecule has 31 heavy (non-hydrogen) atoms. The molecule has 0 aromatic heterocycles. The van der Waals surface area contributed by atoms with Crippen LogP contribution in [0.25, 0.3) is 0 Å². The monoisotopic (exact) mass is 458 g/mol. The molecule has 0 unspecified atom stereocenters. The Hall–Kier alpha value is -0.170. The van der Waals surface area contributed by atoms with Gasteiger partial charge in [0.1, 0.15) is 0 Å². The van der Waals surface area contributed by atoms with Gasteiger partial charge in [-0.1, -0.05) is 140 Å². The van der Waals surface area contributed by atoms with Crippen molar-refractivity contribution in [3.63, 3.8) is 0 Å². The second-order valence-corrected chi connectivity index (χ2v) is 9.62. The third kappa shape index (κ3) is 65.2. The molecular weight excluding hydrogens is 392 g/mol. The van der Waals surface area contributed by atoms with Crippen LogP contribution in [0.4, 0.5) is 0 Å². The van der Waals surface area contributed by atoms with Gasteiger partial charge in [-0.3, -0.25) is 0 Å². The molecule has 0 saturated carbocycles. The highest BCUT2D eigenvalue weighted by molar-refractivity contribution is 7.80. The minimum absolute atomic E-state index is 0.779. The van der Waals surface area contributed by atoms with Gasteiger partial charge in [0.25, 0.3) is 0 Å². The van der Waals surface area contributed by atoms with E-state index in [1.807, 2.05) is 13.8 Å². The molecule has 0 amide bonds. The molecule has 0 atom stereocenters. The Balaban J connectivity index is -0.000000131. The summed E-state index contributed by atoms with van der Waals surface area (Å²) in [6.07, 6.45) is 16.2. The fourth-order valence-electron chi connectivity index (χ4n) is 1.82. The Morgan fingerprint density at radius 1 is 0.645 bits per heavy atom. The van der Waals surface area contributed by atoms with E-state index in [-0.39, 0.29) is 0 Å². The number of unbranched alkanes of at least 4 members (excludes halogenated alkanes) is 3. The van der Waals surface area contributed by atoms with Crippen molar-refractivity contribution in [1.82, 2.24) is 0 Å². The first-order valence-corrected chi connectivity index (χ1v) is 14.2. The number of hydrogen-bond acceptors (Lipinski definition) is 1. The highest BCUT2D eigenvalue weighted by Gasteiger charge is 2.01. The van der Waals surface area contributed by atoms with Gasteiger partial charge in [-0.05, 0) is 68.1 Å². The van der Waals surface area contributed by atoms with E-state index in [0.717, 1.165) is 24.7 Å². The van der Waals surface area contributed by atoms with E-state index in [9.17, 15) is 0 Å². The van der Waals surface area contributed by atoms with Gasteiger partial charge in [0.15, 0.2) is 0 Å². The van der Waals surface area contributed by atoms with Crippen molar-refractivity contribution in [3.05, 3.63) is 12.2 Å². The standard InChI is InChI=1S/C16H30S.C5H12.C4H10.C3H8.C2H6/c1-5-6-9-15(4)10-7-8-11-16(17)13-12-14(2)3;1-4-5(2)3;1-3-4-2;1-3-2;1-2/h14H,4-13H2,1-3H3;5H,4H2,1-3H3;3-4H2,1-2H3;3H2,1-2H3;1-2H3. The summed E-state index contributed by atoms with van der Waals surface area (Å²) in [5, 5.41) is 0. The molecule has 0 aromatic carbocycles. The van der Waals surface area contributed by atoms with Crippen LogP contribution in [0.15, 0.2) is 12.2 Å². The van der Waals surface area contributed by atoms with Crippen LogP contribution in [-0.4, -0.2) is 4.86 Å². The lowest BCUT2D eigenvalue weighted by atomic mass is 10.0. The van der Waals surface area contributed by atoms with Crippen molar-refractivity contribution in [2.75, 3.05) is 0 Å². The van der Waals surface area contributed by atoms with Gasteiger partial charge in [0.05, 0.1) is 0 Å². The van der Waals surface area contributed by atoms with Gasteiger partial charge in [-0.2, -0.15) is 0 Å². The molecule has 0 N–H and O–H groups in total. The second kappa shape index (κ2) is 40.2. The Kier molecular flexibility index (Phi) is 53.3. The topological polar surface area (TPSA) is 0 Å². The van der Waals surface area contributed by atoms with Crippen LogP contribution in [0.5, 0.6) is 0 Å². The average molecular weight is 459 g/mol. The van der Waals surface area contributed by atoms with Gasteiger partial charge >= 0.3 is 0 Å². The number of hydrogen-bond donors (Lipinski definition) is 0. The number of allylic oxidation sites excluding steroid dienone is 1. The summed E-state index contributed by atoms with van der Waals surface area (Å²) in [4.78, 5) is 1.28. The summed E-state index contributed by atoms with van der Waals surface area (Å²) in [5.74, 6) is 1.66. The maximum atomic E-state index is 5.40. The lowest BCUT2D eigenvalue weighted by molar-refractivity contribution is 0.601. The van der Waals surface area contributed by atoms with E-state index in [1.54, 1.807) is 0 Å². The van der Waals surface area contributed by atoms with E-state index in [4.69, 9.17) is 12.2 Å². The van der Waals surface area contributed by atoms with Crippen molar-refractivity contribution >= 4 is 17.1 Å². The highest BCUT2D eigenvalue weighted by atomic mass is 32.1. The van der Waals surface area contributed by atoms with Crippen LogP contribution >= 0.6 is 12.2 Å². The fraction of sp³-hybridized carbons (Fsp3) is 0.900. The largest absolute Gasteiger partial charge is 0.0999 e. The minimum atomic E-state index is 0.779. The lowest BCUT2D eigenvalue weighted by Crippen LogP contribution is -1.98. The molecule has 0 aliphatic rings. The van der Waals surface area contributed by atoms with E-state index < -0.39 is 0 Å². The Morgan fingerprint density at radius 2 is 1.03 bits per heavy atom. The molecule has 0 aliphatic carbocycles. The zero-order chi connectivity index (χ0) is 25.5. The maximum Gasteiger partial charge on any atom is -0.00714 e. The number of thiocarbonyl (C=S) groups is 1. The average Bonchev–Trinajstić information content (AvgIpc) is 2.76. The smallest absolute Gasteiger partial charge is 0.00714 e. The molecular formula is C30H66S. The zero-order valence-corrected chi connectivity index (χ0v) is 25.3. The van der Waals surface area contributed by atoms with Crippen LogP contribution in [0.1, 0.15) is 167 Å². The Morgan fingerprint density at radius 3 is 1.35 bits per heavy atom. The summed E-state index contributed by atoms with van der Waals surface area (Å²) >= 11 is 5.40. The van der Waals surface area contributed by atoms with Crippen LogP contribution < -0.4 is 0 Å². The van der Waals surface area contributed by atoms with Crippen molar-refractivity contribution < 1.29 is 0 Å².